The molecule has 1 saturated carbocycles. The van der Waals surface area contributed by atoms with Gasteiger partial charge in [0.25, 0.3) is 5.91 Å². The van der Waals surface area contributed by atoms with Crippen molar-refractivity contribution < 1.29 is 23.2 Å². The number of carbonyl (C=O) groups excluding carboxylic acids is 1. The summed E-state index contributed by atoms with van der Waals surface area (Å²) in [5, 5.41) is 0.467. The average molecular weight is 814 g/mol. The molecule has 6 unspecified atom stereocenters. The summed E-state index contributed by atoms with van der Waals surface area (Å²) in [6, 6.07) is 22.7. The molecule has 3 aromatic carbocycles. The second-order valence-electron chi connectivity index (χ2n) is 17.5. The van der Waals surface area contributed by atoms with Crippen LogP contribution in [0.2, 0.25) is 5.02 Å². The third-order valence-electron chi connectivity index (χ3n) is 14.2. The molecule has 0 radical (unpaired) electrons. The first kappa shape index (κ1) is 39.2. The molecule has 3 fully saturated rings. The van der Waals surface area contributed by atoms with Gasteiger partial charge in [-0.15, -0.1) is 0 Å². The Bertz CT molecular complexity index is 2000. The van der Waals surface area contributed by atoms with Crippen LogP contribution in [0, 0.1) is 17.8 Å². The summed E-state index contributed by atoms with van der Waals surface area (Å²) in [6.07, 6.45) is 11.2. The fourth-order valence-electron chi connectivity index (χ4n) is 10.9. The van der Waals surface area contributed by atoms with Crippen LogP contribution in [0.5, 0.6) is 5.75 Å². The third kappa shape index (κ3) is 7.59. The van der Waals surface area contributed by atoms with Crippen LogP contribution in [-0.2, 0) is 38.7 Å². The van der Waals surface area contributed by atoms with Gasteiger partial charge in [-0.2, -0.15) is 0 Å². The topological polar surface area (TPSA) is 83.6 Å². The van der Waals surface area contributed by atoms with Gasteiger partial charge >= 0.3 is 0 Å². The molecule has 11 heteroatoms. The largest absolute Gasteiger partial charge is 0.490 e. The summed E-state index contributed by atoms with van der Waals surface area (Å²) in [6.45, 7) is 9.59. The van der Waals surface area contributed by atoms with Gasteiger partial charge in [0.05, 0.1) is 30.8 Å². The van der Waals surface area contributed by atoms with Crippen LogP contribution >= 0.6 is 11.6 Å². The number of ether oxygens (including phenoxy) is 3. The first-order chi connectivity index (χ1) is 27.7. The summed E-state index contributed by atoms with van der Waals surface area (Å²) in [5.74, 6) is 1.06. The first-order valence-electron chi connectivity index (χ1n) is 21.1. The fraction of sp³-hybridized carbons (Fsp3) is 0.543. The number of halogens is 1. The summed E-state index contributed by atoms with van der Waals surface area (Å²) >= 11 is 6.56. The van der Waals surface area contributed by atoms with Crippen molar-refractivity contribution in [3.63, 3.8) is 0 Å². The van der Waals surface area contributed by atoms with E-state index in [1.54, 1.807) is 0 Å². The van der Waals surface area contributed by atoms with Crippen LogP contribution in [0.3, 0.4) is 0 Å². The highest BCUT2D eigenvalue weighted by atomic mass is 35.5. The molecule has 9 nitrogen and oxygen atoms in total. The molecule has 1 amide bonds. The van der Waals surface area contributed by atoms with Gasteiger partial charge in [-0.1, -0.05) is 61.0 Å². The number of hydrogen-bond acceptors (Lipinski definition) is 8. The maximum Gasteiger partial charge on any atom is 0.263 e. The van der Waals surface area contributed by atoms with Crippen LogP contribution in [0.15, 0.2) is 78.9 Å². The van der Waals surface area contributed by atoms with E-state index in [0.29, 0.717) is 37.0 Å². The number of anilines is 1. The van der Waals surface area contributed by atoms with Crippen LogP contribution in [0.25, 0.3) is 0 Å². The number of benzene rings is 3. The number of methoxy groups -OCH3 is 1. The standard InChI is InChI=1S/C46H57ClN4O5S/c1-32-8-6-19-46(54-2,51-21-20-49-22-23-55-29-38(49)28-51)40-15-12-36(40)27-50-30-45(18-7-11-34-25-37(47)14-16-39(34)45)31-56-42-17-13-35(26-41(42)50)44(52)48-57(53)43(32)24-33-9-4-3-5-10-33/h3-6,9-10,13-14,16-17,19,25-26,32,36,38,40,43H,7-8,11-12,15,18,20-24,27-31H2,1-2H3,(H,48,52)/b19-6+/t32?,36?,38?,40?,43?,45-,46+,57?/m0/s1. The monoisotopic (exact) mass is 812 g/mol. The SMILES string of the molecule is CO[C@]1(N2CCN3CCOCC3C2)/C=C/CC(C)C(Cc2ccccc2)S(=O)NC(=O)c2ccc3c(c2)N(CC2CCC21)C[C@@]1(CCCc2cc(Cl)ccc21)CO3. The predicted octanol–water partition coefficient (Wildman–Crippen LogP) is 6.80. The lowest BCUT2D eigenvalue weighted by Crippen LogP contribution is -2.67. The van der Waals surface area contributed by atoms with Crippen molar-refractivity contribution in [3.05, 3.63) is 106 Å². The molecule has 2 bridgehead atoms. The summed E-state index contributed by atoms with van der Waals surface area (Å²) in [4.78, 5) is 21.8. The van der Waals surface area contributed by atoms with E-state index in [4.69, 9.17) is 25.8 Å². The third-order valence-corrected chi connectivity index (χ3v) is 16.0. The predicted molar refractivity (Wildman–Crippen MR) is 226 cm³/mol. The summed E-state index contributed by atoms with van der Waals surface area (Å²) < 4.78 is 37.0. The van der Waals surface area contributed by atoms with E-state index in [9.17, 15) is 9.00 Å². The van der Waals surface area contributed by atoms with Crippen molar-refractivity contribution in [3.8, 4) is 5.75 Å². The lowest BCUT2D eigenvalue weighted by Gasteiger charge is -2.57. The van der Waals surface area contributed by atoms with Crippen LogP contribution < -0.4 is 14.4 Å². The Morgan fingerprint density at radius 1 is 1.04 bits per heavy atom. The highest BCUT2D eigenvalue weighted by Gasteiger charge is 2.53. The molecule has 0 aromatic heterocycles. The Balaban J connectivity index is 1.13. The van der Waals surface area contributed by atoms with E-state index in [-0.39, 0.29) is 28.4 Å². The molecule has 8 atom stereocenters. The molecule has 2 aliphatic carbocycles. The molecule has 9 rings (SSSR count). The molecule has 4 aliphatic heterocycles. The number of morpholine rings is 1. The molecule has 304 valence electrons. The van der Waals surface area contributed by atoms with E-state index >= 15 is 0 Å². The molecule has 4 heterocycles. The number of nitrogens with one attached hydrogen (secondary N) is 1. The fourth-order valence-corrected chi connectivity index (χ4v) is 12.4. The van der Waals surface area contributed by atoms with E-state index in [1.807, 2.05) is 49.6 Å². The second-order valence-corrected chi connectivity index (χ2v) is 19.3. The van der Waals surface area contributed by atoms with Gasteiger partial charge in [0, 0.05) is 74.3 Å². The molecular formula is C46H57ClN4O5S. The Morgan fingerprint density at radius 3 is 2.74 bits per heavy atom. The smallest absolute Gasteiger partial charge is 0.263 e. The average Bonchev–Trinajstić information content (AvgIpc) is 3.37. The number of carbonyl (C=O) groups is 1. The number of amides is 1. The maximum absolute atomic E-state index is 14.4. The number of rotatable bonds is 4. The quantitative estimate of drug-likeness (QED) is 0.289. The number of piperazine rings is 1. The van der Waals surface area contributed by atoms with Gasteiger partial charge < -0.3 is 19.1 Å². The molecule has 3 aromatic rings. The van der Waals surface area contributed by atoms with Gasteiger partial charge in [-0.05, 0) is 110 Å². The highest BCUT2D eigenvalue weighted by molar-refractivity contribution is 7.84. The minimum Gasteiger partial charge on any atom is -0.490 e. The zero-order valence-electron chi connectivity index (χ0n) is 33.4. The molecule has 57 heavy (non-hydrogen) atoms. The Morgan fingerprint density at radius 2 is 1.91 bits per heavy atom. The summed E-state index contributed by atoms with van der Waals surface area (Å²) in [7, 11) is 0.254. The molecule has 1 spiro atoms. The van der Waals surface area contributed by atoms with Gasteiger partial charge in [0.2, 0.25) is 0 Å². The van der Waals surface area contributed by atoms with E-state index in [2.05, 4.69) is 62.8 Å². The van der Waals surface area contributed by atoms with Crippen molar-refractivity contribution in [2.45, 2.75) is 74.3 Å². The molecule has 6 aliphatic rings. The number of allylic oxidation sites excluding steroid dienone is 1. The highest BCUT2D eigenvalue weighted by Crippen LogP contribution is 2.50. The van der Waals surface area contributed by atoms with Crippen LogP contribution in [0.4, 0.5) is 5.69 Å². The Hall–Kier alpha value is -3.25. The Labute approximate surface area is 345 Å². The normalized spacial score (nSPS) is 34.1. The van der Waals surface area contributed by atoms with Gasteiger partial charge in [-0.25, -0.2) is 4.21 Å². The zero-order valence-corrected chi connectivity index (χ0v) is 34.9. The number of fused-ring (bicyclic) bond motifs is 5. The minimum absolute atomic E-state index is 0.0196. The second kappa shape index (κ2) is 16.4. The van der Waals surface area contributed by atoms with Crippen LogP contribution in [-0.4, -0.2) is 103 Å². The van der Waals surface area contributed by atoms with Crippen molar-refractivity contribution in [1.29, 1.82) is 0 Å². The number of nitrogens with zero attached hydrogens (tertiary/aromatic N) is 3. The summed E-state index contributed by atoms with van der Waals surface area (Å²) in [5.41, 5.74) is 4.29. The first-order valence-corrected chi connectivity index (χ1v) is 22.7. The van der Waals surface area contributed by atoms with Gasteiger partial charge in [-0.3, -0.25) is 19.3 Å². The minimum atomic E-state index is -1.64. The molecular weight excluding hydrogens is 756 g/mol. The van der Waals surface area contributed by atoms with E-state index in [0.717, 1.165) is 107 Å². The van der Waals surface area contributed by atoms with Gasteiger partial charge in [0.15, 0.2) is 0 Å². The van der Waals surface area contributed by atoms with Crippen molar-refractivity contribution in [1.82, 2.24) is 14.5 Å². The van der Waals surface area contributed by atoms with E-state index in [1.165, 1.54) is 11.1 Å². The number of aryl methyl sites for hydroxylation is 1. The van der Waals surface area contributed by atoms with Crippen LogP contribution in [0.1, 0.15) is 66.1 Å². The number of hydrogen-bond donors (Lipinski definition) is 1. The molecule has 2 saturated heterocycles. The zero-order chi connectivity index (χ0) is 39.1. The lowest BCUT2D eigenvalue weighted by atomic mass is 9.66. The van der Waals surface area contributed by atoms with Crippen molar-refractivity contribution in [2.75, 3.05) is 71.1 Å². The van der Waals surface area contributed by atoms with Crippen molar-refractivity contribution in [2.24, 2.45) is 17.8 Å². The molecule has 1 N–H and O–H groups in total. The lowest BCUT2D eigenvalue weighted by molar-refractivity contribution is -0.195. The van der Waals surface area contributed by atoms with Gasteiger partial charge in [0.1, 0.15) is 22.5 Å². The van der Waals surface area contributed by atoms with Crippen molar-refractivity contribution >= 4 is 34.2 Å². The van der Waals surface area contributed by atoms with E-state index < -0.39 is 16.7 Å². The maximum atomic E-state index is 14.4. The Kier molecular flexibility index (Phi) is 11.3.